The first-order chi connectivity index (χ1) is 10.6. The normalized spacial score (nSPS) is 17.4. The number of urea groups is 1. The number of rotatable bonds is 6. The molecular formula is C17H27N3O2. The highest BCUT2D eigenvalue weighted by Crippen LogP contribution is 2.21. The molecule has 0 aliphatic carbocycles. The number of amides is 2. The molecule has 0 unspecified atom stereocenters. The van der Waals surface area contributed by atoms with Gasteiger partial charge in [0, 0.05) is 32.2 Å². The molecule has 1 heterocycles. The molecule has 0 saturated heterocycles. The van der Waals surface area contributed by atoms with Gasteiger partial charge in [-0.2, -0.15) is 0 Å². The first-order valence-electron chi connectivity index (χ1n) is 8.10. The van der Waals surface area contributed by atoms with Gasteiger partial charge < -0.3 is 15.7 Å². The van der Waals surface area contributed by atoms with Crippen LogP contribution in [0.3, 0.4) is 0 Å². The van der Waals surface area contributed by atoms with Crippen molar-refractivity contribution in [1.82, 2.24) is 15.5 Å². The first-order valence-corrected chi connectivity index (χ1v) is 8.10. The summed E-state index contributed by atoms with van der Waals surface area (Å²) < 4.78 is 0. The molecule has 3 N–H and O–H groups in total. The maximum atomic E-state index is 11.7. The van der Waals surface area contributed by atoms with Crippen molar-refractivity contribution >= 4 is 6.03 Å². The third-order valence-electron chi connectivity index (χ3n) is 4.20. The minimum absolute atomic E-state index is 0.211. The fourth-order valence-electron chi connectivity index (χ4n) is 2.87. The fourth-order valence-corrected chi connectivity index (χ4v) is 2.87. The zero-order valence-electron chi connectivity index (χ0n) is 13.5. The summed E-state index contributed by atoms with van der Waals surface area (Å²) in [5, 5.41) is 14.7. The van der Waals surface area contributed by atoms with Crippen molar-refractivity contribution in [2.24, 2.45) is 0 Å². The molecule has 2 rings (SSSR count). The van der Waals surface area contributed by atoms with Crippen LogP contribution in [0.15, 0.2) is 24.3 Å². The van der Waals surface area contributed by atoms with Gasteiger partial charge in [-0.1, -0.05) is 31.2 Å². The molecule has 1 aliphatic rings. The van der Waals surface area contributed by atoms with Gasteiger partial charge in [0.1, 0.15) is 0 Å². The molecule has 0 saturated carbocycles. The molecule has 5 heteroatoms. The summed E-state index contributed by atoms with van der Waals surface area (Å²) in [6.07, 6.45) is 1.55. The molecule has 0 aromatic heterocycles. The molecule has 1 aromatic rings. The summed E-state index contributed by atoms with van der Waals surface area (Å²) in [5.41, 5.74) is 2.84. The molecule has 1 aromatic carbocycles. The first kappa shape index (κ1) is 16.8. The third kappa shape index (κ3) is 4.71. The van der Waals surface area contributed by atoms with Crippen LogP contribution in [0.5, 0.6) is 0 Å². The zero-order chi connectivity index (χ0) is 15.9. The average molecular weight is 305 g/mol. The number of nitrogens with zero attached hydrogens (tertiary/aromatic N) is 1. The number of fused-ring (bicyclic) bond motifs is 1. The van der Waals surface area contributed by atoms with Gasteiger partial charge in [0.05, 0.1) is 6.10 Å². The fraction of sp³-hybridized carbons (Fsp3) is 0.588. The second-order valence-electron chi connectivity index (χ2n) is 5.99. The summed E-state index contributed by atoms with van der Waals surface area (Å²) in [5.74, 6) is 0. The van der Waals surface area contributed by atoms with Gasteiger partial charge >= 0.3 is 6.03 Å². The summed E-state index contributed by atoms with van der Waals surface area (Å²) in [7, 11) is 0. The van der Waals surface area contributed by atoms with Crippen molar-refractivity contribution in [2.45, 2.75) is 45.4 Å². The Bertz CT molecular complexity index is 491. The number of hydrogen-bond acceptors (Lipinski definition) is 3. The predicted molar refractivity (Wildman–Crippen MR) is 87.7 cm³/mol. The van der Waals surface area contributed by atoms with E-state index in [-0.39, 0.29) is 12.6 Å². The summed E-state index contributed by atoms with van der Waals surface area (Å²) in [6.45, 7) is 6.70. The Labute approximate surface area is 132 Å². The van der Waals surface area contributed by atoms with Crippen LogP contribution in [0.4, 0.5) is 4.79 Å². The number of carbonyl (C=O) groups excluding carboxylic acids is 1. The molecule has 2 amide bonds. The Kier molecular flexibility index (Phi) is 6.21. The van der Waals surface area contributed by atoms with Gasteiger partial charge in [-0.05, 0) is 30.9 Å². The zero-order valence-corrected chi connectivity index (χ0v) is 13.5. The quantitative estimate of drug-likeness (QED) is 0.746. The molecule has 5 nitrogen and oxygen atoms in total. The number of hydrogen-bond donors (Lipinski definition) is 3. The number of aliphatic hydroxyl groups is 1. The maximum absolute atomic E-state index is 11.7. The topological polar surface area (TPSA) is 64.6 Å². The van der Waals surface area contributed by atoms with E-state index in [9.17, 15) is 9.90 Å². The predicted octanol–water partition coefficient (Wildman–Crippen LogP) is 1.50. The molecule has 1 aliphatic heterocycles. The largest absolute Gasteiger partial charge is 0.392 e. The molecule has 0 bridgehead atoms. The molecule has 22 heavy (non-hydrogen) atoms. The highest BCUT2D eigenvalue weighted by molar-refractivity contribution is 5.73. The van der Waals surface area contributed by atoms with E-state index < -0.39 is 6.10 Å². The minimum atomic E-state index is -0.522. The van der Waals surface area contributed by atoms with E-state index >= 15 is 0 Å². The monoisotopic (exact) mass is 305 g/mol. The highest BCUT2D eigenvalue weighted by Gasteiger charge is 2.22. The van der Waals surface area contributed by atoms with Crippen LogP contribution < -0.4 is 10.6 Å². The summed E-state index contributed by atoms with van der Waals surface area (Å²) >= 11 is 0. The lowest BCUT2D eigenvalue weighted by atomic mass is 9.98. The molecule has 0 radical (unpaired) electrons. The van der Waals surface area contributed by atoms with Crippen molar-refractivity contribution < 1.29 is 9.90 Å². The highest BCUT2D eigenvalue weighted by atomic mass is 16.3. The van der Waals surface area contributed by atoms with Crippen LogP contribution in [0.25, 0.3) is 0 Å². The van der Waals surface area contributed by atoms with E-state index in [1.54, 1.807) is 6.92 Å². The smallest absolute Gasteiger partial charge is 0.314 e. The molecular weight excluding hydrogens is 278 g/mol. The van der Waals surface area contributed by atoms with E-state index in [2.05, 4.69) is 46.7 Å². The van der Waals surface area contributed by atoms with Gasteiger partial charge in [-0.15, -0.1) is 0 Å². The molecule has 0 fully saturated rings. The molecule has 2 atom stereocenters. The lowest BCUT2D eigenvalue weighted by Crippen LogP contribution is -2.48. The van der Waals surface area contributed by atoms with Crippen LogP contribution in [-0.2, 0) is 13.0 Å². The van der Waals surface area contributed by atoms with Crippen LogP contribution in [0.1, 0.15) is 31.4 Å². The lowest BCUT2D eigenvalue weighted by Gasteiger charge is -2.35. The second kappa shape index (κ2) is 8.15. The Hall–Kier alpha value is -1.59. The van der Waals surface area contributed by atoms with Crippen molar-refractivity contribution in [3.05, 3.63) is 35.4 Å². The van der Waals surface area contributed by atoms with E-state index in [0.29, 0.717) is 12.6 Å². The standard InChI is InChI=1S/C17H27N3O2/c1-3-16(11-19-17(22)18-10-13(2)21)20-9-8-14-6-4-5-7-15(14)12-20/h4-7,13,16,21H,3,8-12H2,1-2H3,(H2,18,19,22)/t13-,16+/m1/s1. The van der Waals surface area contributed by atoms with Crippen LogP contribution in [-0.4, -0.2) is 47.8 Å². The third-order valence-corrected chi connectivity index (χ3v) is 4.20. The van der Waals surface area contributed by atoms with Gasteiger partial charge in [-0.25, -0.2) is 4.79 Å². The number of aliphatic hydroxyl groups excluding tert-OH is 1. The number of nitrogens with one attached hydrogen (secondary N) is 2. The Morgan fingerprint density at radius 1 is 1.27 bits per heavy atom. The Balaban J connectivity index is 1.83. The molecule has 122 valence electrons. The number of carbonyl (C=O) groups is 1. The van der Waals surface area contributed by atoms with E-state index in [4.69, 9.17) is 0 Å². The van der Waals surface area contributed by atoms with E-state index in [1.807, 2.05) is 0 Å². The summed E-state index contributed by atoms with van der Waals surface area (Å²) in [4.78, 5) is 14.1. The van der Waals surface area contributed by atoms with E-state index in [1.165, 1.54) is 11.1 Å². The van der Waals surface area contributed by atoms with Crippen LogP contribution in [0, 0.1) is 0 Å². The van der Waals surface area contributed by atoms with Crippen molar-refractivity contribution in [2.75, 3.05) is 19.6 Å². The lowest BCUT2D eigenvalue weighted by molar-refractivity contribution is 0.166. The van der Waals surface area contributed by atoms with Crippen molar-refractivity contribution in [3.63, 3.8) is 0 Å². The van der Waals surface area contributed by atoms with Gasteiger partial charge in [-0.3, -0.25) is 4.90 Å². The second-order valence-corrected chi connectivity index (χ2v) is 5.99. The van der Waals surface area contributed by atoms with Crippen LogP contribution >= 0.6 is 0 Å². The SMILES string of the molecule is CC[C@@H](CNC(=O)NC[C@@H](C)O)N1CCc2ccccc2C1. The Morgan fingerprint density at radius 2 is 1.95 bits per heavy atom. The van der Waals surface area contributed by atoms with Gasteiger partial charge in [0.2, 0.25) is 0 Å². The summed E-state index contributed by atoms with van der Waals surface area (Å²) in [6, 6.07) is 8.71. The van der Waals surface area contributed by atoms with Crippen molar-refractivity contribution in [3.8, 4) is 0 Å². The van der Waals surface area contributed by atoms with Crippen molar-refractivity contribution in [1.29, 1.82) is 0 Å². The maximum Gasteiger partial charge on any atom is 0.314 e. The van der Waals surface area contributed by atoms with Crippen LogP contribution in [0.2, 0.25) is 0 Å². The van der Waals surface area contributed by atoms with Gasteiger partial charge in [0.15, 0.2) is 0 Å². The minimum Gasteiger partial charge on any atom is -0.392 e. The van der Waals surface area contributed by atoms with Gasteiger partial charge in [0.25, 0.3) is 0 Å². The average Bonchev–Trinajstić information content (AvgIpc) is 2.53. The Morgan fingerprint density at radius 3 is 2.64 bits per heavy atom. The molecule has 0 spiro atoms. The number of benzene rings is 1. The van der Waals surface area contributed by atoms with E-state index in [0.717, 1.165) is 25.9 Å².